The fraction of sp³-hybridized carbons (Fsp3) is 0.643. The van der Waals surface area contributed by atoms with Crippen molar-refractivity contribution in [3.63, 3.8) is 0 Å². The van der Waals surface area contributed by atoms with Gasteiger partial charge in [-0.1, -0.05) is 0 Å². The molecule has 0 aliphatic rings. The maximum Gasteiger partial charge on any atom is 0.326 e. The number of aliphatic hydroxyl groups is 1. The molecule has 0 rings (SSSR count). The molecule has 4 atom stereocenters. The third-order valence-electron chi connectivity index (χ3n) is 3.40. The Hall–Kier alpha value is -2.73. The van der Waals surface area contributed by atoms with Crippen molar-refractivity contribution in [2.24, 2.45) is 11.5 Å². The van der Waals surface area contributed by atoms with Crippen molar-refractivity contribution in [2.45, 2.75) is 56.8 Å². The molecule has 26 heavy (non-hydrogen) atoms. The summed E-state index contributed by atoms with van der Waals surface area (Å²) in [5, 5.41) is 31.3. The smallest absolute Gasteiger partial charge is 0.326 e. The highest BCUT2D eigenvalue weighted by Crippen LogP contribution is 2.03. The van der Waals surface area contributed by atoms with Gasteiger partial charge in [0.1, 0.15) is 18.1 Å². The highest BCUT2D eigenvalue weighted by atomic mass is 16.4. The summed E-state index contributed by atoms with van der Waals surface area (Å²) in [6, 6.07) is -4.19. The second-order valence-corrected chi connectivity index (χ2v) is 5.66. The number of carbonyl (C=O) groups is 5. The number of nitrogens with one attached hydrogen (secondary N) is 2. The highest BCUT2D eigenvalue weighted by Gasteiger charge is 2.29. The monoisotopic (exact) mass is 376 g/mol. The van der Waals surface area contributed by atoms with Gasteiger partial charge in [0.15, 0.2) is 0 Å². The Bertz CT molecular complexity index is 551. The first kappa shape index (κ1) is 23.3. The van der Waals surface area contributed by atoms with E-state index >= 15 is 0 Å². The van der Waals surface area contributed by atoms with Crippen LogP contribution in [-0.2, 0) is 24.0 Å². The number of nitrogens with two attached hydrogens (primary N) is 2. The fourth-order valence-electron chi connectivity index (χ4n) is 1.84. The summed E-state index contributed by atoms with van der Waals surface area (Å²) in [7, 11) is 0. The van der Waals surface area contributed by atoms with Crippen LogP contribution in [-0.4, -0.2) is 69.2 Å². The zero-order valence-electron chi connectivity index (χ0n) is 14.2. The summed E-state index contributed by atoms with van der Waals surface area (Å²) in [6.07, 6.45) is -2.60. The molecule has 148 valence electrons. The number of carbonyl (C=O) groups excluding carboxylic acids is 3. The van der Waals surface area contributed by atoms with E-state index in [4.69, 9.17) is 21.7 Å². The number of hydrogen-bond acceptors (Lipinski definition) is 7. The van der Waals surface area contributed by atoms with Crippen molar-refractivity contribution < 1.29 is 39.3 Å². The van der Waals surface area contributed by atoms with E-state index in [1.54, 1.807) is 0 Å². The minimum absolute atomic E-state index is 0.231. The summed E-state index contributed by atoms with van der Waals surface area (Å²) >= 11 is 0. The van der Waals surface area contributed by atoms with Crippen LogP contribution in [0, 0.1) is 0 Å². The van der Waals surface area contributed by atoms with E-state index in [-0.39, 0.29) is 19.3 Å². The van der Waals surface area contributed by atoms with Crippen molar-refractivity contribution >= 4 is 29.7 Å². The molecular weight excluding hydrogens is 352 g/mol. The lowest BCUT2D eigenvalue weighted by atomic mass is 10.1. The lowest BCUT2D eigenvalue weighted by Gasteiger charge is -2.23. The number of carboxylic acids is 2. The molecule has 0 saturated carbocycles. The topological polar surface area (TPSA) is 222 Å². The van der Waals surface area contributed by atoms with Crippen LogP contribution >= 0.6 is 0 Å². The maximum absolute atomic E-state index is 12.3. The third kappa shape index (κ3) is 8.94. The first-order valence-corrected chi connectivity index (χ1v) is 7.73. The molecule has 4 unspecified atom stereocenters. The Labute approximate surface area is 148 Å². The summed E-state index contributed by atoms with van der Waals surface area (Å²) in [5.41, 5.74) is 10.5. The molecule has 0 aliphatic heterocycles. The molecule has 0 aromatic rings. The molecule has 0 spiro atoms. The number of aliphatic carboxylic acids is 2. The maximum atomic E-state index is 12.3. The molecule has 0 radical (unpaired) electrons. The quantitative estimate of drug-likeness (QED) is 0.183. The SMILES string of the molecule is CC(O)C(N)C(=O)NC(CCC(N)=O)C(=O)NC(CCC(=O)O)C(=O)O. The molecule has 12 heteroatoms. The Balaban J connectivity index is 5.11. The number of aliphatic hydroxyl groups excluding tert-OH is 1. The number of carboxylic acid groups (broad SMARTS) is 2. The Morgan fingerprint density at radius 2 is 1.42 bits per heavy atom. The van der Waals surface area contributed by atoms with Crippen LogP contribution in [0.2, 0.25) is 0 Å². The highest BCUT2D eigenvalue weighted by molar-refractivity contribution is 5.92. The number of primary amides is 1. The third-order valence-corrected chi connectivity index (χ3v) is 3.40. The normalized spacial score (nSPS) is 15.2. The van der Waals surface area contributed by atoms with Gasteiger partial charge in [0.2, 0.25) is 17.7 Å². The second-order valence-electron chi connectivity index (χ2n) is 5.66. The Kier molecular flexibility index (Phi) is 9.84. The predicted octanol–water partition coefficient (Wildman–Crippen LogP) is -3.12. The van der Waals surface area contributed by atoms with Gasteiger partial charge in [-0.3, -0.25) is 19.2 Å². The second kappa shape index (κ2) is 11.0. The van der Waals surface area contributed by atoms with E-state index in [9.17, 15) is 29.1 Å². The van der Waals surface area contributed by atoms with Crippen LogP contribution in [0.5, 0.6) is 0 Å². The first-order chi connectivity index (χ1) is 12.0. The summed E-state index contributed by atoms with van der Waals surface area (Å²) in [6.45, 7) is 1.26. The van der Waals surface area contributed by atoms with E-state index in [0.717, 1.165) is 0 Å². The van der Waals surface area contributed by atoms with Gasteiger partial charge >= 0.3 is 11.9 Å². The molecule has 0 saturated heterocycles. The number of rotatable bonds is 12. The van der Waals surface area contributed by atoms with Crippen LogP contribution < -0.4 is 22.1 Å². The van der Waals surface area contributed by atoms with Gasteiger partial charge in [0, 0.05) is 12.8 Å². The van der Waals surface area contributed by atoms with E-state index < -0.39 is 60.3 Å². The molecule has 9 N–H and O–H groups in total. The summed E-state index contributed by atoms with van der Waals surface area (Å²) in [4.78, 5) is 56.7. The Morgan fingerprint density at radius 1 is 0.923 bits per heavy atom. The van der Waals surface area contributed by atoms with Gasteiger partial charge in [-0.2, -0.15) is 0 Å². The van der Waals surface area contributed by atoms with E-state index in [1.165, 1.54) is 6.92 Å². The van der Waals surface area contributed by atoms with Crippen LogP contribution in [0.1, 0.15) is 32.6 Å². The van der Waals surface area contributed by atoms with Crippen LogP contribution in [0.25, 0.3) is 0 Å². The molecule has 12 nitrogen and oxygen atoms in total. The van der Waals surface area contributed by atoms with Crippen molar-refractivity contribution in [3.05, 3.63) is 0 Å². The molecule has 0 bridgehead atoms. The van der Waals surface area contributed by atoms with Crippen LogP contribution in [0.3, 0.4) is 0 Å². The van der Waals surface area contributed by atoms with Crippen LogP contribution in [0.15, 0.2) is 0 Å². The van der Waals surface area contributed by atoms with E-state index in [0.29, 0.717) is 0 Å². The average Bonchev–Trinajstić information content (AvgIpc) is 2.53. The Morgan fingerprint density at radius 3 is 1.85 bits per heavy atom. The molecule has 0 heterocycles. The molecule has 0 aromatic carbocycles. The minimum atomic E-state index is -1.50. The molecule has 0 fully saturated rings. The minimum Gasteiger partial charge on any atom is -0.481 e. The average molecular weight is 376 g/mol. The lowest BCUT2D eigenvalue weighted by Crippen LogP contribution is -2.56. The van der Waals surface area contributed by atoms with E-state index in [1.807, 2.05) is 0 Å². The summed E-state index contributed by atoms with van der Waals surface area (Å²) < 4.78 is 0. The number of hydrogen-bond donors (Lipinski definition) is 7. The van der Waals surface area contributed by atoms with Crippen LogP contribution in [0.4, 0.5) is 0 Å². The van der Waals surface area contributed by atoms with Crippen molar-refractivity contribution in [2.75, 3.05) is 0 Å². The molecule has 0 aliphatic carbocycles. The zero-order valence-corrected chi connectivity index (χ0v) is 14.2. The van der Waals surface area contributed by atoms with Gasteiger partial charge < -0.3 is 37.4 Å². The molecular formula is C14H24N4O8. The summed E-state index contributed by atoms with van der Waals surface area (Å²) in [5.74, 6) is -5.29. The number of amides is 3. The van der Waals surface area contributed by atoms with E-state index in [2.05, 4.69) is 10.6 Å². The molecule has 0 aromatic heterocycles. The van der Waals surface area contributed by atoms with Crippen molar-refractivity contribution in [1.29, 1.82) is 0 Å². The first-order valence-electron chi connectivity index (χ1n) is 7.73. The van der Waals surface area contributed by atoms with Gasteiger partial charge in [0.25, 0.3) is 0 Å². The predicted molar refractivity (Wildman–Crippen MR) is 86.5 cm³/mol. The van der Waals surface area contributed by atoms with Gasteiger partial charge in [-0.15, -0.1) is 0 Å². The van der Waals surface area contributed by atoms with Gasteiger partial charge in [-0.25, -0.2) is 4.79 Å². The standard InChI is InChI=1S/C14H24N4O8/c1-6(19)11(16)13(24)17-7(2-4-9(15)20)12(23)18-8(14(25)26)3-5-10(21)22/h6-8,11,19H,2-5,16H2,1H3,(H2,15,20)(H,17,24)(H,18,23)(H,21,22)(H,25,26). The van der Waals surface area contributed by atoms with Crippen molar-refractivity contribution in [3.8, 4) is 0 Å². The zero-order chi connectivity index (χ0) is 20.4. The van der Waals surface area contributed by atoms with Gasteiger partial charge in [0.05, 0.1) is 6.10 Å². The largest absolute Gasteiger partial charge is 0.481 e. The lowest BCUT2D eigenvalue weighted by molar-refractivity contribution is -0.143. The van der Waals surface area contributed by atoms with Gasteiger partial charge in [-0.05, 0) is 19.8 Å². The van der Waals surface area contributed by atoms with Crippen molar-refractivity contribution in [1.82, 2.24) is 10.6 Å². The fourth-order valence-corrected chi connectivity index (χ4v) is 1.84. The molecule has 3 amide bonds.